The van der Waals surface area contributed by atoms with Crippen LogP contribution in [0.25, 0.3) is 0 Å². The molecule has 2 amide bonds. The van der Waals surface area contributed by atoms with Gasteiger partial charge in [-0.1, -0.05) is 67.6 Å². The van der Waals surface area contributed by atoms with Gasteiger partial charge < -0.3 is 19.9 Å². The number of esters is 1. The van der Waals surface area contributed by atoms with E-state index in [0.29, 0.717) is 34.4 Å². The number of hydrogen-bond acceptors (Lipinski definition) is 6. The second-order valence-electron chi connectivity index (χ2n) is 14.7. The Morgan fingerprint density at radius 2 is 1.50 bits per heavy atom. The van der Waals surface area contributed by atoms with Crippen LogP contribution in [0, 0.1) is 5.41 Å². The lowest BCUT2D eigenvalue weighted by molar-refractivity contribution is -0.150. The summed E-state index contributed by atoms with van der Waals surface area (Å²) >= 11 is 6.43. The van der Waals surface area contributed by atoms with Crippen LogP contribution in [-0.2, 0) is 19.1 Å². The van der Waals surface area contributed by atoms with Crippen LogP contribution in [0.5, 0.6) is 0 Å². The number of carbonyl (C=O) groups is 4. The largest absolute Gasteiger partial charge is 0.480 e. The molecule has 0 saturated heterocycles. The van der Waals surface area contributed by atoms with E-state index < -0.39 is 54.5 Å². The van der Waals surface area contributed by atoms with Crippen LogP contribution >= 0.6 is 11.6 Å². The summed E-state index contributed by atoms with van der Waals surface area (Å²) in [5.74, 6) is -3.11. The van der Waals surface area contributed by atoms with E-state index in [1.54, 1.807) is 96.2 Å². The quantitative estimate of drug-likeness (QED) is 0.138. The smallest absolute Gasteiger partial charge is 0.412 e. The summed E-state index contributed by atoms with van der Waals surface area (Å²) in [7, 11) is -1.65. The van der Waals surface area contributed by atoms with Gasteiger partial charge in [0.25, 0.3) is 5.91 Å². The Labute approximate surface area is 277 Å². The first-order valence-corrected chi connectivity index (χ1v) is 19.3. The summed E-state index contributed by atoms with van der Waals surface area (Å²) < 4.78 is 11.1. The van der Waals surface area contributed by atoms with Gasteiger partial charge in [-0.25, -0.2) is 9.59 Å². The van der Waals surface area contributed by atoms with E-state index in [0.717, 1.165) is 0 Å². The van der Waals surface area contributed by atoms with Crippen molar-refractivity contribution >= 4 is 55.0 Å². The van der Waals surface area contributed by atoms with Gasteiger partial charge in [-0.05, 0) is 83.9 Å². The van der Waals surface area contributed by atoms with Gasteiger partial charge in [-0.3, -0.25) is 14.9 Å². The fourth-order valence-corrected chi connectivity index (χ4v) is 6.20. The summed E-state index contributed by atoms with van der Waals surface area (Å²) in [5.41, 5.74) is -1.66. The molecule has 248 valence electrons. The van der Waals surface area contributed by atoms with Gasteiger partial charge in [0, 0.05) is 30.2 Å². The van der Waals surface area contributed by atoms with Crippen LogP contribution in [0.1, 0.15) is 69.8 Å². The summed E-state index contributed by atoms with van der Waals surface area (Å²) in [4.78, 5) is 52.8. The zero-order chi connectivity index (χ0) is 34.7. The van der Waals surface area contributed by atoms with Crippen LogP contribution in [0.3, 0.4) is 0 Å². The number of para-hydroxylation sites is 2. The number of carboxylic acids is 1. The number of benzene rings is 2. The van der Waals surface area contributed by atoms with Gasteiger partial charge in [0.05, 0.1) is 11.4 Å². The van der Waals surface area contributed by atoms with Crippen LogP contribution < -0.4 is 10.6 Å². The molecule has 46 heavy (non-hydrogen) atoms. The number of allylic oxidation sites excluding steroid dienone is 1. The minimum Gasteiger partial charge on any atom is -0.480 e. The molecule has 0 saturated carbocycles. The molecule has 1 aliphatic carbocycles. The standard InChI is InChI=1S/C35H45ClN2O7Si/c1-33(2,3)44-30(40)26-21-35(31(41)42,18-19-46(7,8)9)17-16-23(26)25-20-22(36)14-15-24(25)29(39)37-27-12-10-11-13-28(27)38-32(43)45-34(4,5)6/h10-17,20-21,23H,18-19H2,1-9H3,(H,37,39)(H,38,43)(H,41,42). The topological polar surface area (TPSA) is 131 Å². The maximum atomic E-state index is 13.9. The first-order valence-electron chi connectivity index (χ1n) is 15.2. The molecule has 0 radical (unpaired) electrons. The Morgan fingerprint density at radius 1 is 0.913 bits per heavy atom. The normalized spacial score (nSPS) is 18.3. The first kappa shape index (κ1) is 36.6. The van der Waals surface area contributed by atoms with Crippen molar-refractivity contribution in [2.45, 2.75) is 90.8 Å². The van der Waals surface area contributed by atoms with Crippen molar-refractivity contribution in [1.82, 2.24) is 0 Å². The lowest BCUT2D eigenvalue weighted by atomic mass is 9.73. The Morgan fingerprint density at radius 3 is 2.04 bits per heavy atom. The highest BCUT2D eigenvalue weighted by atomic mass is 35.5. The fourth-order valence-electron chi connectivity index (χ4n) is 4.86. The Kier molecular flexibility index (Phi) is 11.0. The first-order chi connectivity index (χ1) is 21.1. The third kappa shape index (κ3) is 10.1. The van der Waals surface area contributed by atoms with Crippen molar-refractivity contribution in [2.75, 3.05) is 10.6 Å². The molecular weight excluding hydrogens is 624 g/mol. The van der Waals surface area contributed by atoms with Gasteiger partial charge in [-0.15, -0.1) is 0 Å². The molecule has 1 aliphatic rings. The highest BCUT2D eigenvalue weighted by molar-refractivity contribution is 6.76. The Hall–Kier alpha value is -3.89. The van der Waals surface area contributed by atoms with Crippen molar-refractivity contribution in [2.24, 2.45) is 5.41 Å². The SMILES string of the molecule is CC(C)(C)OC(=O)Nc1ccccc1NC(=O)c1ccc(Cl)cc1C1C=CC(CC[Si](C)(C)C)(C(=O)O)C=C1C(=O)OC(C)(C)C. The van der Waals surface area contributed by atoms with E-state index in [4.69, 9.17) is 21.1 Å². The number of hydrogen-bond donors (Lipinski definition) is 3. The third-order valence-electron chi connectivity index (χ3n) is 7.06. The van der Waals surface area contributed by atoms with Crippen molar-refractivity contribution in [3.8, 4) is 0 Å². The van der Waals surface area contributed by atoms with E-state index in [9.17, 15) is 24.3 Å². The van der Waals surface area contributed by atoms with Gasteiger partial charge in [-0.2, -0.15) is 0 Å². The highest BCUT2D eigenvalue weighted by Crippen LogP contribution is 2.43. The number of carboxylic acid groups (broad SMARTS) is 1. The van der Waals surface area contributed by atoms with Gasteiger partial charge in [0.1, 0.15) is 16.6 Å². The lowest BCUT2D eigenvalue weighted by Gasteiger charge is -2.33. The number of ether oxygens (including phenoxy) is 2. The number of aliphatic carboxylic acids is 1. The van der Waals surface area contributed by atoms with E-state index in [-0.39, 0.29) is 11.1 Å². The Bertz CT molecular complexity index is 1560. The van der Waals surface area contributed by atoms with E-state index in [1.165, 1.54) is 6.08 Å². The molecule has 0 aliphatic heterocycles. The number of carbonyl (C=O) groups excluding carboxylic acids is 3. The van der Waals surface area contributed by atoms with E-state index >= 15 is 0 Å². The second kappa shape index (κ2) is 13.8. The Balaban J connectivity index is 2.08. The maximum absolute atomic E-state index is 13.9. The third-order valence-corrected chi connectivity index (χ3v) is 9.04. The van der Waals surface area contributed by atoms with E-state index in [1.807, 2.05) is 0 Å². The molecule has 0 bridgehead atoms. The molecular formula is C35H45ClN2O7Si. The molecule has 9 nitrogen and oxygen atoms in total. The lowest BCUT2D eigenvalue weighted by Crippen LogP contribution is -2.35. The minimum atomic E-state index is -1.65. The van der Waals surface area contributed by atoms with Gasteiger partial charge in [0.2, 0.25) is 0 Å². The summed E-state index contributed by atoms with van der Waals surface area (Å²) in [6.45, 7) is 16.9. The summed E-state index contributed by atoms with van der Waals surface area (Å²) in [5, 5.41) is 16.3. The molecule has 2 unspecified atom stereocenters. The second-order valence-corrected chi connectivity index (χ2v) is 20.8. The summed E-state index contributed by atoms with van der Waals surface area (Å²) in [6.07, 6.45) is 4.38. The zero-order valence-corrected chi connectivity index (χ0v) is 29.8. The van der Waals surface area contributed by atoms with E-state index in [2.05, 4.69) is 30.3 Å². The number of amides is 2. The predicted molar refractivity (Wildman–Crippen MR) is 184 cm³/mol. The predicted octanol–water partition coefficient (Wildman–Crippen LogP) is 8.66. The molecule has 3 rings (SSSR count). The molecule has 0 aromatic heterocycles. The van der Waals surface area contributed by atoms with Gasteiger partial charge >= 0.3 is 18.0 Å². The van der Waals surface area contributed by atoms with Crippen LogP contribution in [0.4, 0.5) is 16.2 Å². The van der Waals surface area contributed by atoms with Crippen molar-refractivity contribution in [1.29, 1.82) is 0 Å². The molecule has 0 heterocycles. The monoisotopic (exact) mass is 668 g/mol. The van der Waals surface area contributed by atoms with Crippen LogP contribution in [-0.4, -0.2) is 48.3 Å². The van der Waals surface area contributed by atoms with Crippen LogP contribution in [0.2, 0.25) is 30.7 Å². The molecule has 2 atom stereocenters. The summed E-state index contributed by atoms with van der Waals surface area (Å²) in [6, 6.07) is 12.1. The van der Waals surface area contributed by atoms with Gasteiger partial charge in [0.15, 0.2) is 0 Å². The average molecular weight is 669 g/mol. The minimum absolute atomic E-state index is 0.110. The number of anilines is 2. The van der Waals surface area contributed by atoms with Crippen molar-refractivity contribution in [3.05, 3.63) is 82.4 Å². The molecule has 0 fully saturated rings. The molecule has 2 aromatic rings. The molecule has 0 spiro atoms. The highest BCUT2D eigenvalue weighted by Gasteiger charge is 2.42. The zero-order valence-electron chi connectivity index (χ0n) is 28.0. The number of rotatable bonds is 9. The fraction of sp³-hybridized carbons (Fsp3) is 0.429. The molecule has 3 N–H and O–H groups in total. The van der Waals surface area contributed by atoms with Crippen molar-refractivity contribution < 1.29 is 33.8 Å². The van der Waals surface area contributed by atoms with Crippen LogP contribution in [0.15, 0.2) is 66.3 Å². The number of nitrogens with one attached hydrogen (secondary N) is 2. The molecule has 2 aromatic carbocycles. The maximum Gasteiger partial charge on any atom is 0.412 e. The molecule has 11 heteroatoms. The van der Waals surface area contributed by atoms with Crippen molar-refractivity contribution in [3.63, 3.8) is 0 Å². The number of halogens is 1. The average Bonchev–Trinajstić information content (AvgIpc) is 2.90.